The van der Waals surface area contributed by atoms with Gasteiger partial charge in [-0.3, -0.25) is 0 Å². The Kier molecular flexibility index (Phi) is 5.02. The van der Waals surface area contributed by atoms with E-state index in [-0.39, 0.29) is 6.61 Å². The van der Waals surface area contributed by atoms with Gasteiger partial charge in [0.25, 0.3) is 0 Å². The molecule has 0 aliphatic carbocycles. The summed E-state index contributed by atoms with van der Waals surface area (Å²) in [7, 11) is 0. The van der Waals surface area contributed by atoms with E-state index in [9.17, 15) is 0 Å². The molecule has 0 unspecified atom stereocenters. The second kappa shape index (κ2) is 6.30. The van der Waals surface area contributed by atoms with E-state index < -0.39 is 6.10 Å². The lowest BCUT2D eigenvalue weighted by atomic mass is 10.1. The van der Waals surface area contributed by atoms with E-state index in [4.69, 9.17) is 10.2 Å². The monoisotopic (exact) mass is 221 g/mol. The molecule has 0 bridgehead atoms. The lowest BCUT2D eigenvalue weighted by molar-refractivity contribution is 0.0923. The van der Waals surface area contributed by atoms with Crippen molar-refractivity contribution in [2.24, 2.45) is 0 Å². The summed E-state index contributed by atoms with van der Waals surface area (Å²) < 4.78 is 0. The van der Waals surface area contributed by atoms with Gasteiger partial charge in [0.2, 0.25) is 0 Å². The zero-order valence-electron chi connectivity index (χ0n) is 9.77. The summed E-state index contributed by atoms with van der Waals surface area (Å²) in [4.78, 5) is 3.16. The fourth-order valence-corrected chi connectivity index (χ4v) is 1.37. The molecule has 3 N–H and O–H groups in total. The van der Waals surface area contributed by atoms with Crippen LogP contribution < -0.4 is 0 Å². The molecule has 0 saturated heterocycles. The van der Waals surface area contributed by atoms with Gasteiger partial charge in [-0.1, -0.05) is 19.1 Å². The van der Waals surface area contributed by atoms with Crippen molar-refractivity contribution in [1.29, 1.82) is 0 Å². The number of hydrogen-bond donors (Lipinski definition) is 3. The Bertz CT molecular complexity index is 419. The predicted octanol–water partition coefficient (Wildman–Crippen LogP) is 2.23. The van der Waals surface area contributed by atoms with Gasteiger partial charge in [-0.15, -0.1) is 0 Å². The first-order valence-electron chi connectivity index (χ1n) is 5.50. The minimum atomic E-state index is -0.509. The van der Waals surface area contributed by atoms with Gasteiger partial charge in [0.15, 0.2) is 0 Å². The molecule has 1 aromatic heterocycles. The fourth-order valence-electron chi connectivity index (χ4n) is 1.37. The molecular weight excluding hydrogens is 202 g/mol. The normalized spacial score (nSPS) is 12.0. The molecule has 0 fully saturated rings. The molecule has 0 aliphatic rings. The van der Waals surface area contributed by atoms with E-state index in [1.807, 2.05) is 13.1 Å². The molecule has 0 saturated carbocycles. The van der Waals surface area contributed by atoms with Crippen molar-refractivity contribution >= 4 is 10.9 Å². The summed E-state index contributed by atoms with van der Waals surface area (Å²) in [5.41, 5.74) is 2.55. The zero-order chi connectivity index (χ0) is 12.0. The number of nitrogens with one attached hydrogen (secondary N) is 1. The number of aromatic amines is 1. The number of fused-ring (bicyclic) bond motifs is 1. The molecule has 0 spiro atoms. The number of benzene rings is 1. The number of aliphatic hydroxyl groups excluding tert-OH is 2. The molecular formula is C13H19NO2. The van der Waals surface area contributed by atoms with Crippen molar-refractivity contribution in [3.63, 3.8) is 0 Å². The van der Waals surface area contributed by atoms with Crippen LogP contribution in [0.25, 0.3) is 10.9 Å². The van der Waals surface area contributed by atoms with Gasteiger partial charge >= 0.3 is 0 Å². The van der Waals surface area contributed by atoms with Gasteiger partial charge in [0.05, 0.1) is 12.7 Å². The highest BCUT2D eigenvalue weighted by Crippen LogP contribution is 2.15. The minimum Gasteiger partial charge on any atom is -0.394 e. The second-order valence-electron chi connectivity index (χ2n) is 3.76. The van der Waals surface area contributed by atoms with Crippen LogP contribution in [0.2, 0.25) is 0 Å². The Balaban J connectivity index is 0.000000187. The van der Waals surface area contributed by atoms with E-state index in [1.54, 1.807) is 0 Å². The van der Waals surface area contributed by atoms with Crippen molar-refractivity contribution < 1.29 is 10.2 Å². The largest absolute Gasteiger partial charge is 0.394 e. The molecule has 1 atom stereocenters. The molecule has 1 heterocycles. The average Bonchev–Trinajstić information content (AvgIpc) is 2.78. The van der Waals surface area contributed by atoms with E-state index >= 15 is 0 Å². The third-order valence-corrected chi connectivity index (χ3v) is 2.49. The predicted molar refractivity (Wildman–Crippen MR) is 66.4 cm³/mol. The number of aliphatic hydroxyl groups is 2. The highest BCUT2D eigenvalue weighted by molar-refractivity contribution is 5.82. The van der Waals surface area contributed by atoms with E-state index in [0.29, 0.717) is 6.42 Å². The van der Waals surface area contributed by atoms with E-state index in [1.165, 1.54) is 16.5 Å². The summed E-state index contributed by atoms with van der Waals surface area (Å²) >= 11 is 0. The molecule has 3 nitrogen and oxygen atoms in total. The maximum absolute atomic E-state index is 8.42. The van der Waals surface area contributed by atoms with Crippen LogP contribution in [0.4, 0.5) is 0 Å². The first-order valence-corrected chi connectivity index (χ1v) is 5.50. The summed E-state index contributed by atoms with van der Waals surface area (Å²) in [5.74, 6) is 0. The molecule has 0 radical (unpaired) electrons. The van der Waals surface area contributed by atoms with Crippen molar-refractivity contribution in [3.8, 4) is 0 Å². The van der Waals surface area contributed by atoms with Gasteiger partial charge in [-0.2, -0.15) is 0 Å². The molecule has 0 amide bonds. The Morgan fingerprint density at radius 2 is 2.06 bits per heavy atom. The summed E-state index contributed by atoms with van der Waals surface area (Å²) in [6, 6.07) is 8.37. The van der Waals surface area contributed by atoms with Gasteiger partial charge in [0, 0.05) is 17.1 Å². The molecule has 3 heteroatoms. The van der Waals surface area contributed by atoms with Crippen LogP contribution in [0.1, 0.15) is 18.9 Å². The third kappa shape index (κ3) is 3.36. The van der Waals surface area contributed by atoms with E-state index in [2.05, 4.69) is 36.2 Å². The zero-order valence-corrected chi connectivity index (χ0v) is 9.77. The van der Waals surface area contributed by atoms with Gasteiger partial charge in [-0.05, 0) is 31.0 Å². The van der Waals surface area contributed by atoms with Crippen LogP contribution in [0.3, 0.4) is 0 Å². The number of aromatic nitrogens is 1. The maximum atomic E-state index is 8.42. The van der Waals surface area contributed by atoms with Crippen LogP contribution in [0.5, 0.6) is 0 Å². The van der Waals surface area contributed by atoms with Gasteiger partial charge in [-0.25, -0.2) is 0 Å². The van der Waals surface area contributed by atoms with Crippen molar-refractivity contribution in [2.75, 3.05) is 6.61 Å². The molecule has 1 aromatic carbocycles. The summed E-state index contributed by atoms with van der Waals surface area (Å²) in [5, 5.41) is 17.8. The minimum absolute atomic E-state index is 0.115. The molecule has 2 aromatic rings. The molecule has 88 valence electrons. The highest BCUT2D eigenvalue weighted by Gasteiger charge is 1.93. The average molecular weight is 221 g/mol. The Labute approximate surface area is 95.7 Å². The summed E-state index contributed by atoms with van der Waals surface area (Å²) in [6.45, 7) is 3.83. The third-order valence-electron chi connectivity index (χ3n) is 2.49. The molecule has 16 heavy (non-hydrogen) atoms. The van der Waals surface area contributed by atoms with Crippen LogP contribution in [0.15, 0.2) is 30.5 Å². The number of H-pyrrole nitrogens is 1. The van der Waals surface area contributed by atoms with Crippen LogP contribution >= 0.6 is 0 Å². The van der Waals surface area contributed by atoms with Crippen molar-refractivity contribution in [3.05, 3.63) is 36.0 Å². The second-order valence-corrected chi connectivity index (χ2v) is 3.76. The molecule has 2 rings (SSSR count). The number of hydrogen-bond acceptors (Lipinski definition) is 2. The standard InChI is InChI=1S/C9H9N.C4H10O2/c1-7-3-2-4-9-8(7)5-6-10-9;1-2-4(6)3-5/h2-6,10H,1H3;4-6H,2-3H2,1H3/t;4-/m.1/s1. The maximum Gasteiger partial charge on any atom is 0.0768 e. The van der Waals surface area contributed by atoms with Crippen molar-refractivity contribution in [2.45, 2.75) is 26.4 Å². The Hall–Kier alpha value is -1.32. The summed E-state index contributed by atoms with van der Waals surface area (Å²) in [6.07, 6.45) is 2.10. The lowest BCUT2D eigenvalue weighted by Crippen LogP contribution is -2.08. The molecule has 0 aliphatic heterocycles. The van der Waals surface area contributed by atoms with Gasteiger partial charge in [0.1, 0.15) is 0 Å². The van der Waals surface area contributed by atoms with Crippen molar-refractivity contribution in [1.82, 2.24) is 4.98 Å². The smallest absolute Gasteiger partial charge is 0.0768 e. The fraction of sp³-hybridized carbons (Fsp3) is 0.385. The van der Waals surface area contributed by atoms with Gasteiger partial charge < -0.3 is 15.2 Å². The first-order chi connectivity index (χ1) is 7.69. The number of aryl methyl sites for hydroxylation is 1. The quantitative estimate of drug-likeness (QED) is 0.728. The first kappa shape index (κ1) is 12.7. The topological polar surface area (TPSA) is 56.2 Å². The van der Waals surface area contributed by atoms with Crippen LogP contribution in [0, 0.1) is 6.92 Å². The SMILES string of the molecule is CC[C@@H](O)CO.Cc1cccc2[nH]ccc12. The van der Waals surface area contributed by atoms with Crippen LogP contribution in [-0.2, 0) is 0 Å². The number of rotatable bonds is 2. The Morgan fingerprint density at radius 3 is 2.56 bits per heavy atom. The lowest BCUT2D eigenvalue weighted by Gasteiger charge is -1.97. The van der Waals surface area contributed by atoms with E-state index in [0.717, 1.165) is 0 Å². The Morgan fingerprint density at radius 1 is 1.31 bits per heavy atom. The van der Waals surface area contributed by atoms with Crippen LogP contribution in [-0.4, -0.2) is 27.9 Å². The highest BCUT2D eigenvalue weighted by atomic mass is 16.3.